The van der Waals surface area contributed by atoms with Gasteiger partial charge in [0.05, 0.1) is 6.04 Å². The molecule has 2 aliphatic rings. The largest absolute Gasteiger partial charge is 0.356 e. The molecule has 0 spiro atoms. The Labute approximate surface area is 117 Å². The number of fused-ring (bicyclic) bond motifs is 1. The molecule has 1 saturated carbocycles. The molecule has 0 N–H and O–H groups in total. The lowest BCUT2D eigenvalue weighted by Crippen LogP contribution is -2.21. The minimum atomic E-state index is 0.432. The number of halogens is 1. The molecule has 19 heavy (non-hydrogen) atoms. The number of hydrogen-bond donors (Lipinski definition) is 0. The molecule has 0 bridgehead atoms. The van der Waals surface area contributed by atoms with E-state index in [2.05, 4.69) is 23.2 Å². The molecule has 3 nitrogen and oxygen atoms in total. The summed E-state index contributed by atoms with van der Waals surface area (Å²) in [6.45, 7) is 1.19. The minimum Gasteiger partial charge on any atom is -0.356 e. The Balaban J connectivity index is 1.66. The minimum absolute atomic E-state index is 0.432. The maximum atomic E-state index is 6.01. The summed E-state index contributed by atoms with van der Waals surface area (Å²) in [5, 5.41) is 4.99. The van der Waals surface area contributed by atoms with Crippen molar-refractivity contribution in [2.45, 2.75) is 12.5 Å². The molecule has 4 heteroatoms. The first kappa shape index (κ1) is 11.5. The maximum Gasteiger partial charge on any atom is 0.167 e. The molecular formula is C15H15ClN2O. The van der Waals surface area contributed by atoms with E-state index in [4.69, 9.17) is 16.1 Å². The Morgan fingerprint density at radius 1 is 1.37 bits per heavy atom. The van der Waals surface area contributed by atoms with Gasteiger partial charge in [-0.25, -0.2) is 0 Å². The lowest BCUT2D eigenvalue weighted by atomic mass is 10.1. The van der Waals surface area contributed by atoms with Gasteiger partial charge < -0.3 is 4.52 Å². The van der Waals surface area contributed by atoms with E-state index in [0.29, 0.717) is 6.04 Å². The van der Waals surface area contributed by atoms with E-state index in [1.807, 2.05) is 24.3 Å². The number of hydrogen-bond acceptors (Lipinski definition) is 3. The fourth-order valence-electron chi connectivity index (χ4n) is 3.33. The second-order valence-electron chi connectivity index (χ2n) is 5.67. The third-order valence-electron chi connectivity index (χ3n) is 4.32. The van der Waals surface area contributed by atoms with Gasteiger partial charge in [0.1, 0.15) is 5.69 Å². The van der Waals surface area contributed by atoms with Gasteiger partial charge in [0.15, 0.2) is 5.76 Å². The van der Waals surface area contributed by atoms with Crippen LogP contribution in [-0.2, 0) is 0 Å². The zero-order chi connectivity index (χ0) is 13.0. The summed E-state index contributed by atoms with van der Waals surface area (Å²) in [5.74, 6) is 2.46. The highest BCUT2D eigenvalue weighted by molar-refractivity contribution is 6.30. The predicted molar refractivity (Wildman–Crippen MR) is 73.9 cm³/mol. The van der Waals surface area contributed by atoms with Crippen molar-refractivity contribution in [2.75, 3.05) is 13.6 Å². The summed E-state index contributed by atoms with van der Waals surface area (Å²) in [7, 11) is 2.17. The van der Waals surface area contributed by atoms with Crippen LogP contribution in [0, 0.1) is 11.8 Å². The summed E-state index contributed by atoms with van der Waals surface area (Å²) >= 11 is 6.01. The topological polar surface area (TPSA) is 29.3 Å². The molecule has 3 atom stereocenters. The molecule has 1 aromatic carbocycles. The number of nitrogens with zero attached hydrogens (tertiary/aromatic N) is 2. The lowest BCUT2D eigenvalue weighted by molar-refractivity contribution is 0.259. The van der Waals surface area contributed by atoms with E-state index in [-0.39, 0.29) is 0 Å². The van der Waals surface area contributed by atoms with Gasteiger partial charge in [0.25, 0.3) is 0 Å². The Kier molecular flexibility index (Phi) is 2.47. The highest BCUT2D eigenvalue weighted by Crippen LogP contribution is 2.55. The molecule has 1 aliphatic heterocycles. The highest BCUT2D eigenvalue weighted by Gasteiger charge is 2.52. The van der Waals surface area contributed by atoms with Crippen LogP contribution < -0.4 is 0 Å². The average molecular weight is 275 g/mol. The predicted octanol–water partition coefficient (Wildman–Crippen LogP) is 3.62. The summed E-state index contributed by atoms with van der Waals surface area (Å²) in [4.78, 5) is 2.39. The molecule has 0 radical (unpaired) electrons. The molecule has 0 amide bonds. The number of benzene rings is 1. The van der Waals surface area contributed by atoms with E-state index in [0.717, 1.165) is 33.9 Å². The van der Waals surface area contributed by atoms with Crippen LogP contribution in [-0.4, -0.2) is 23.6 Å². The van der Waals surface area contributed by atoms with Gasteiger partial charge in [0.2, 0.25) is 0 Å². The van der Waals surface area contributed by atoms with Gasteiger partial charge in [0, 0.05) is 23.2 Å². The fourth-order valence-corrected chi connectivity index (χ4v) is 3.52. The SMILES string of the molecule is CN1C[C@H]2C[C@H]2[C@@H]1c1cc(-c2cccc(Cl)c2)on1. The lowest BCUT2D eigenvalue weighted by Gasteiger charge is -2.19. The van der Waals surface area contributed by atoms with E-state index in [9.17, 15) is 0 Å². The summed E-state index contributed by atoms with van der Waals surface area (Å²) < 4.78 is 5.50. The second kappa shape index (κ2) is 4.09. The van der Waals surface area contributed by atoms with Crippen molar-refractivity contribution in [3.05, 3.63) is 41.0 Å². The second-order valence-corrected chi connectivity index (χ2v) is 6.11. The van der Waals surface area contributed by atoms with Crippen molar-refractivity contribution in [2.24, 2.45) is 11.8 Å². The van der Waals surface area contributed by atoms with E-state index in [1.165, 1.54) is 13.0 Å². The fraction of sp³-hybridized carbons (Fsp3) is 0.400. The Morgan fingerprint density at radius 2 is 2.26 bits per heavy atom. The first-order valence-electron chi connectivity index (χ1n) is 6.65. The van der Waals surface area contributed by atoms with E-state index in [1.54, 1.807) is 0 Å². The number of piperidine rings is 1. The van der Waals surface area contributed by atoms with Crippen LogP contribution in [0.3, 0.4) is 0 Å². The molecule has 2 aromatic rings. The van der Waals surface area contributed by atoms with Gasteiger partial charge in [-0.3, -0.25) is 4.90 Å². The van der Waals surface area contributed by atoms with Crippen molar-refractivity contribution in [1.82, 2.24) is 10.1 Å². The maximum absolute atomic E-state index is 6.01. The normalized spacial score (nSPS) is 29.5. The van der Waals surface area contributed by atoms with Crippen molar-refractivity contribution in [1.29, 1.82) is 0 Å². The molecule has 1 saturated heterocycles. The van der Waals surface area contributed by atoms with Crippen LogP contribution in [0.2, 0.25) is 5.02 Å². The molecule has 1 aliphatic carbocycles. The molecule has 2 heterocycles. The molecule has 4 rings (SSSR count). The third-order valence-corrected chi connectivity index (χ3v) is 4.56. The monoisotopic (exact) mass is 274 g/mol. The van der Waals surface area contributed by atoms with Crippen molar-refractivity contribution < 1.29 is 4.52 Å². The summed E-state index contributed by atoms with van der Waals surface area (Å²) in [5.41, 5.74) is 2.04. The molecule has 1 aromatic heterocycles. The van der Waals surface area contributed by atoms with E-state index >= 15 is 0 Å². The molecule has 0 unspecified atom stereocenters. The average Bonchev–Trinajstić information content (AvgIpc) is 2.85. The molecular weight excluding hydrogens is 260 g/mol. The van der Waals surface area contributed by atoms with Crippen LogP contribution in [0.4, 0.5) is 0 Å². The zero-order valence-electron chi connectivity index (χ0n) is 10.7. The third kappa shape index (κ3) is 1.88. The Bertz CT molecular complexity index is 622. The Hall–Kier alpha value is -1.32. The van der Waals surface area contributed by atoms with Gasteiger partial charge in [-0.05, 0) is 37.4 Å². The van der Waals surface area contributed by atoms with Crippen LogP contribution in [0.1, 0.15) is 18.2 Å². The number of likely N-dealkylation sites (tertiary alicyclic amines) is 1. The van der Waals surface area contributed by atoms with Crippen LogP contribution in [0.15, 0.2) is 34.9 Å². The van der Waals surface area contributed by atoms with E-state index < -0.39 is 0 Å². The van der Waals surface area contributed by atoms with Crippen molar-refractivity contribution >= 4 is 11.6 Å². The van der Waals surface area contributed by atoms with Gasteiger partial charge in [-0.1, -0.05) is 28.9 Å². The summed E-state index contributed by atoms with van der Waals surface area (Å²) in [6, 6.07) is 10.2. The zero-order valence-corrected chi connectivity index (χ0v) is 11.5. The first-order valence-corrected chi connectivity index (χ1v) is 7.03. The van der Waals surface area contributed by atoms with Gasteiger partial charge in [-0.2, -0.15) is 0 Å². The molecule has 2 fully saturated rings. The Morgan fingerprint density at radius 3 is 3.00 bits per heavy atom. The molecule has 98 valence electrons. The number of rotatable bonds is 2. The van der Waals surface area contributed by atoms with Gasteiger partial charge in [-0.15, -0.1) is 0 Å². The first-order chi connectivity index (χ1) is 9.22. The summed E-state index contributed by atoms with van der Waals surface area (Å²) in [6.07, 6.45) is 1.34. The van der Waals surface area contributed by atoms with Crippen molar-refractivity contribution in [3.63, 3.8) is 0 Å². The van der Waals surface area contributed by atoms with Crippen LogP contribution in [0.25, 0.3) is 11.3 Å². The number of aromatic nitrogens is 1. The van der Waals surface area contributed by atoms with Crippen LogP contribution in [0.5, 0.6) is 0 Å². The van der Waals surface area contributed by atoms with Gasteiger partial charge >= 0.3 is 0 Å². The van der Waals surface area contributed by atoms with Crippen molar-refractivity contribution in [3.8, 4) is 11.3 Å². The quantitative estimate of drug-likeness (QED) is 0.838. The van der Waals surface area contributed by atoms with Crippen LogP contribution >= 0.6 is 11.6 Å². The highest BCUT2D eigenvalue weighted by atomic mass is 35.5. The standard InChI is InChI=1S/C15H15ClN2O/c1-18-8-10-6-12(10)15(18)13-7-14(19-17-13)9-3-2-4-11(16)5-9/h2-5,7,10,12,15H,6,8H2,1H3/t10-,12-,15-/m1/s1. The smallest absolute Gasteiger partial charge is 0.167 e.